The van der Waals surface area contributed by atoms with Crippen LogP contribution in [0.2, 0.25) is 5.02 Å². The van der Waals surface area contributed by atoms with Crippen LogP contribution in [0.5, 0.6) is 0 Å². The molecule has 1 rings (SSSR count). The molecule has 1 amide bonds. The number of benzene rings is 1. The molecule has 0 aromatic heterocycles. The van der Waals surface area contributed by atoms with E-state index in [1.165, 1.54) is 0 Å². The molecule has 0 aliphatic carbocycles. The van der Waals surface area contributed by atoms with Crippen molar-refractivity contribution < 1.29 is 14.3 Å². The van der Waals surface area contributed by atoms with Gasteiger partial charge in [-0.25, -0.2) is 0 Å². The first-order valence-corrected chi connectivity index (χ1v) is 6.77. The highest BCUT2D eigenvalue weighted by Crippen LogP contribution is 2.09. The van der Waals surface area contributed by atoms with E-state index < -0.39 is 0 Å². The van der Waals surface area contributed by atoms with Crippen molar-refractivity contribution in [3.05, 3.63) is 34.9 Å². The van der Waals surface area contributed by atoms with E-state index in [-0.39, 0.29) is 12.2 Å². The molecule has 0 aliphatic heterocycles. The van der Waals surface area contributed by atoms with Crippen molar-refractivity contribution in [3.63, 3.8) is 0 Å². The maximum Gasteiger partial charge on any atom is 0.224 e. The third-order valence-electron chi connectivity index (χ3n) is 2.45. The van der Waals surface area contributed by atoms with Gasteiger partial charge in [0.2, 0.25) is 5.91 Å². The third-order valence-corrected chi connectivity index (χ3v) is 2.70. The van der Waals surface area contributed by atoms with Crippen molar-refractivity contribution in [3.8, 4) is 0 Å². The lowest BCUT2D eigenvalue weighted by Gasteiger charge is -2.17. The van der Waals surface area contributed by atoms with Crippen LogP contribution >= 0.6 is 11.6 Å². The first kappa shape index (κ1) is 16.0. The molecule has 0 saturated carbocycles. The smallest absolute Gasteiger partial charge is 0.224 e. The zero-order chi connectivity index (χ0) is 14.1. The Balaban J connectivity index is 2.35. The lowest BCUT2D eigenvalue weighted by Crippen LogP contribution is -2.36. The zero-order valence-corrected chi connectivity index (χ0v) is 12.1. The highest BCUT2D eigenvalue weighted by Gasteiger charge is 2.10. The van der Waals surface area contributed by atoms with Crippen LogP contribution in [0.25, 0.3) is 0 Å². The van der Waals surface area contributed by atoms with E-state index in [0.29, 0.717) is 31.2 Å². The van der Waals surface area contributed by atoms with Gasteiger partial charge >= 0.3 is 0 Å². The number of ether oxygens (including phenoxy) is 2. The van der Waals surface area contributed by atoms with Crippen molar-refractivity contribution in [1.82, 2.24) is 5.32 Å². The number of carbonyl (C=O) groups excluding carboxylic acids is 1. The summed E-state index contributed by atoms with van der Waals surface area (Å²) in [5.41, 5.74) is 0.922. The van der Waals surface area contributed by atoms with Gasteiger partial charge in [0.25, 0.3) is 0 Å². The summed E-state index contributed by atoms with van der Waals surface area (Å²) in [5, 5.41) is 3.46. The highest BCUT2D eigenvalue weighted by atomic mass is 35.5. The maximum atomic E-state index is 11.8. The van der Waals surface area contributed by atoms with Gasteiger partial charge in [0.1, 0.15) is 0 Å². The molecule has 19 heavy (non-hydrogen) atoms. The molecule has 0 atom stereocenters. The molecular formula is C14H20ClNO3. The lowest BCUT2D eigenvalue weighted by atomic mass is 10.1. The molecular weight excluding hydrogens is 266 g/mol. The second-order valence-electron chi connectivity index (χ2n) is 3.95. The standard InChI is InChI=1S/C14H20ClNO3/c1-3-18-14(19-4-2)10-16-13(17)9-11-5-7-12(15)8-6-11/h5-8,14H,3-4,9-10H2,1-2H3,(H,16,17). The summed E-state index contributed by atoms with van der Waals surface area (Å²) in [6.07, 6.45) is -0.0635. The van der Waals surface area contributed by atoms with Gasteiger partial charge in [-0.2, -0.15) is 0 Å². The Morgan fingerprint density at radius 3 is 2.32 bits per heavy atom. The number of nitrogens with one attached hydrogen (secondary N) is 1. The number of halogens is 1. The minimum Gasteiger partial charge on any atom is -0.351 e. The van der Waals surface area contributed by atoms with E-state index in [1.54, 1.807) is 12.1 Å². The molecule has 0 radical (unpaired) electrons. The van der Waals surface area contributed by atoms with Crippen LogP contribution in [0.1, 0.15) is 19.4 Å². The molecule has 0 spiro atoms. The van der Waals surface area contributed by atoms with Crippen LogP contribution in [0.3, 0.4) is 0 Å². The highest BCUT2D eigenvalue weighted by molar-refractivity contribution is 6.30. The van der Waals surface area contributed by atoms with Crippen molar-refractivity contribution in [2.24, 2.45) is 0 Å². The Bertz CT molecular complexity index is 375. The molecule has 0 bridgehead atoms. The summed E-state index contributed by atoms with van der Waals surface area (Å²) in [4.78, 5) is 11.8. The Morgan fingerprint density at radius 2 is 1.79 bits per heavy atom. The van der Waals surface area contributed by atoms with Crippen LogP contribution in [-0.2, 0) is 20.7 Å². The molecule has 0 fully saturated rings. The Morgan fingerprint density at radius 1 is 1.21 bits per heavy atom. The van der Waals surface area contributed by atoms with Crippen molar-refractivity contribution >= 4 is 17.5 Å². The topological polar surface area (TPSA) is 47.6 Å². The van der Waals surface area contributed by atoms with E-state index in [2.05, 4.69) is 5.32 Å². The fourth-order valence-corrected chi connectivity index (χ4v) is 1.71. The van der Waals surface area contributed by atoms with Crippen molar-refractivity contribution in [2.75, 3.05) is 19.8 Å². The van der Waals surface area contributed by atoms with Gasteiger partial charge in [-0.1, -0.05) is 23.7 Å². The van der Waals surface area contributed by atoms with Crippen LogP contribution in [0, 0.1) is 0 Å². The summed E-state index contributed by atoms with van der Waals surface area (Å²) < 4.78 is 10.7. The molecule has 1 N–H and O–H groups in total. The molecule has 0 heterocycles. The van der Waals surface area contributed by atoms with Gasteiger partial charge in [-0.3, -0.25) is 4.79 Å². The summed E-state index contributed by atoms with van der Waals surface area (Å²) in [5.74, 6) is -0.0632. The number of amides is 1. The molecule has 5 heteroatoms. The average molecular weight is 286 g/mol. The summed E-state index contributed by atoms with van der Waals surface area (Å²) in [6.45, 7) is 5.24. The van der Waals surface area contributed by atoms with E-state index in [4.69, 9.17) is 21.1 Å². The number of hydrogen-bond donors (Lipinski definition) is 1. The third kappa shape index (κ3) is 6.57. The minimum atomic E-state index is -0.385. The second-order valence-corrected chi connectivity index (χ2v) is 4.38. The first-order valence-electron chi connectivity index (χ1n) is 6.40. The summed E-state index contributed by atoms with van der Waals surface area (Å²) in [6, 6.07) is 7.22. The summed E-state index contributed by atoms with van der Waals surface area (Å²) >= 11 is 5.79. The van der Waals surface area contributed by atoms with Gasteiger partial charge in [0.15, 0.2) is 6.29 Å². The van der Waals surface area contributed by atoms with Crippen molar-refractivity contribution in [1.29, 1.82) is 0 Å². The summed E-state index contributed by atoms with van der Waals surface area (Å²) in [7, 11) is 0. The molecule has 0 aliphatic rings. The molecule has 0 saturated heterocycles. The number of carbonyl (C=O) groups is 1. The monoisotopic (exact) mass is 285 g/mol. The normalized spacial score (nSPS) is 10.7. The Hall–Kier alpha value is -1.10. The Kier molecular flexibility index (Phi) is 7.48. The first-order chi connectivity index (χ1) is 9.15. The van der Waals surface area contributed by atoms with E-state index in [9.17, 15) is 4.79 Å². The van der Waals surface area contributed by atoms with E-state index in [1.807, 2.05) is 26.0 Å². The molecule has 0 unspecified atom stereocenters. The minimum absolute atomic E-state index is 0.0632. The van der Waals surface area contributed by atoms with Gasteiger partial charge in [0, 0.05) is 18.2 Å². The van der Waals surface area contributed by atoms with Gasteiger partial charge < -0.3 is 14.8 Å². The largest absolute Gasteiger partial charge is 0.351 e. The molecule has 1 aromatic rings. The molecule has 1 aromatic carbocycles. The fraction of sp³-hybridized carbons (Fsp3) is 0.500. The zero-order valence-electron chi connectivity index (χ0n) is 11.3. The fourth-order valence-electron chi connectivity index (χ4n) is 1.59. The second kappa shape index (κ2) is 8.91. The average Bonchev–Trinajstić information content (AvgIpc) is 2.39. The van der Waals surface area contributed by atoms with Gasteiger partial charge in [-0.05, 0) is 31.5 Å². The lowest BCUT2D eigenvalue weighted by molar-refractivity contribution is -0.140. The van der Waals surface area contributed by atoms with Crippen LogP contribution in [0.4, 0.5) is 0 Å². The number of hydrogen-bond acceptors (Lipinski definition) is 3. The maximum absolute atomic E-state index is 11.8. The van der Waals surface area contributed by atoms with Gasteiger partial charge in [-0.15, -0.1) is 0 Å². The van der Waals surface area contributed by atoms with Crippen LogP contribution in [-0.4, -0.2) is 32.0 Å². The van der Waals surface area contributed by atoms with Crippen LogP contribution in [0.15, 0.2) is 24.3 Å². The van der Waals surface area contributed by atoms with Crippen molar-refractivity contribution in [2.45, 2.75) is 26.6 Å². The van der Waals surface area contributed by atoms with E-state index in [0.717, 1.165) is 5.56 Å². The quantitative estimate of drug-likeness (QED) is 0.746. The van der Waals surface area contributed by atoms with Gasteiger partial charge in [0.05, 0.1) is 13.0 Å². The predicted molar refractivity (Wildman–Crippen MR) is 75.2 cm³/mol. The van der Waals surface area contributed by atoms with E-state index >= 15 is 0 Å². The predicted octanol–water partition coefficient (Wildman–Crippen LogP) is 2.40. The molecule has 106 valence electrons. The molecule has 4 nitrogen and oxygen atoms in total. The Labute approximate surface area is 119 Å². The van der Waals surface area contributed by atoms with Crippen LogP contribution < -0.4 is 5.32 Å². The SMILES string of the molecule is CCOC(CNC(=O)Cc1ccc(Cl)cc1)OCC. The number of rotatable bonds is 8.